The SMILES string of the molecule is CN(C)C(=S)N(C)C(C)(C)C=O. The molecular formula is C8H16N2OS. The van der Waals surface area contributed by atoms with Gasteiger partial charge in [0.15, 0.2) is 5.11 Å². The summed E-state index contributed by atoms with van der Waals surface area (Å²) in [4.78, 5) is 14.3. The Morgan fingerprint density at radius 2 is 1.75 bits per heavy atom. The Morgan fingerprint density at radius 1 is 1.33 bits per heavy atom. The second-order valence-corrected chi connectivity index (χ2v) is 3.87. The van der Waals surface area contributed by atoms with Crippen LogP contribution in [0.1, 0.15) is 13.8 Å². The minimum absolute atomic E-state index is 0.526. The molecule has 4 heteroatoms. The number of hydrogen-bond acceptors (Lipinski definition) is 2. The van der Waals surface area contributed by atoms with E-state index in [0.717, 1.165) is 6.29 Å². The molecule has 0 fully saturated rings. The van der Waals surface area contributed by atoms with Crippen molar-refractivity contribution in [2.45, 2.75) is 19.4 Å². The first-order chi connectivity index (χ1) is 5.33. The fourth-order valence-electron chi connectivity index (χ4n) is 0.626. The molecule has 0 N–H and O–H groups in total. The normalized spacial score (nSPS) is 10.8. The largest absolute Gasteiger partial charge is 0.355 e. The molecule has 0 spiro atoms. The van der Waals surface area contributed by atoms with E-state index in [0.29, 0.717) is 5.11 Å². The lowest BCUT2D eigenvalue weighted by atomic mass is 10.1. The third-order valence-electron chi connectivity index (χ3n) is 1.82. The van der Waals surface area contributed by atoms with E-state index in [2.05, 4.69) is 0 Å². The average Bonchev–Trinajstić information content (AvgIpc) is 2.01. The van der Waals surface area contributed by atoms with Crippen LogP contribution in [0.3, 0.4) is 0 Å². The smallest absolute Gasteiger partial charge is 0.171 e. The van der Waals surface area contributed by atoms with E-state index in [1.54, 1.807) is 9.80 Å². The number of thiocarbonyl (C=S) groups is 1. The number of rotatable bonds is 2. The third-order valence-corrected chi connectivity index (χ3v) is 2.46. The summed E-state index contributed by atoms with van der Waals surface area (Å²) in [5.74, 6) is 0. The number of hydrogen-bond donors (Lipinski definition) is 0. The quantitative estimate of drug-likeness (QED) is 0.471. The van der Waals surface area contributed by atoms with Crippen LogP contribution in [0.5, 0.6) is 0 Å². The molecule has 0 aliphatic carbocycles. The number of nitrogens with zero attached hydrogens (tertiary/aromatic N) is 2. The van der Waals surface area contributed by atoms with Gasteiger partial charge in [-0.15, -0.1) is 0 Å². The molecular weight excluding hydrogens is 172 g/mol. The molecule has 0 aliphatic heterocycles. The predicted molar refractivity (Wildman–Crippen MR) is 54.2 cm³/mol. The highest BCUT2D eigenvalue weighted by atomic mass is 32.1. The number of carbonyl (C=O) groups excluding carboxylic acids is 1. The molecule has 0 aromatic carbocycles. The summed E-state index contributed by atoms with van der Waals surface area (Å²) in [5, 5.41) is 0.659. The van der Waals surface area contributed by atoms with Crippen LogP contribution in [0.15, 0.2) is 0 Å². The van der Waals surface area contributed by atoms with Gasteiger partial charge in [-0.1, -0.05) is 0 Å². The highest BCUT2D eigenvalue weighted by Crippen LogP contribution is 2.10. The molecule has 0 bridgehead atoms. The van der Waals surface area contributed by atoms with Gasteiger partial charge in [-0.3, -0.25) is 0 Å². The highest BCUT2D eigenvalue weighted by Gasteiger charge is 2.25. The van der Waals surface area contributed by atoms with Crippen molar-refractivity contribution in [2.75, 3.05) is 21.1 Å². The van der Waals surface area contributed by atoms with Gasteiger partial charge in [0.25, 0.3) is 0 Å². The average molecular weight is 188 g/mol. The van der Waals surface area contributed by atoms with Crippen molar-refractivity contribution >= 4 is 23.6 Å². The van der Waals surface area contributed by atoms with Crippen molar-refractivity contribution < 1.29 is 4.79 Å². The van der Waals surface area contributed by atoms with Crippen LogP contribution in [-0.4, -0.2) is 47.9 Å². The summed E-state index contributed by atoms with van der Waals surface area (Å²) in [5.41, 5.74) is -0.526. The minimum Gasteiger partial charge on any atom is -0.355 e. The monoisotopic (exact) mass is 188 g/mol. The first kappa shape index (κ1) is 11.4. The Bertz CT molecular complexity index is 189. The second kappa shape index (κ2) is 3.85. The zero-order chi connectivity index (χ0) is 9.94. The Labute approximate surface area is 79.3 Å². The topological polar surface area (TPSA) is 23.6 Å². The van der Waals surface area contributed by atoms with E-state index in [9.17, 15) is 4.79 Å². The molecule has 3 nitrogen and oxygen atoms in total. The summed E-state index contributed by atoms with van der Waals surface area (Å²) in [6.07, 6.45) is 0.892. The Hall–Kier alpha value is -0.640. The molecule has 0 saturated carbocycles. The van der Waals surface area contributed by atoms with Crippen LogP contribution >= 0.6 is 12.2 Å². The molecule has 0 heterocycles. The number of aldehydes is 1. The van der Waals surface area contributed by atoms with Crippen molar-refractivity contribution in [3.63, 3.8) is 0 Å². The molecule has 0 atom stereocenters. The summed E-state index contributed by atoms with van der Waals surface area (Å²) in [6, 6.07) is 0. The maximum atomic E-state index is 10.7. The molecule has 0 radical (unpaired) electrons. The van der Waals surface area contributed by atoms with Crippen molar-refractivity contribution in [1.29, 1.82) is 0 Å². The van der Waals surface area contributed by atoms with Crippen LogP contribution in [-0.2, 0) is 4.79 Å². The standard InChI is InChI=1S/C8H16N2OS/c1-8(2,6-11)10(5)7(12)9(3)4/h6H,1-5H3. The van der Waals surface area contributed by atoms with E-state index in [4.69, 9.17) is 12.2 Å². The van der Waals surface area contributed by atoms with Crippen molar-refractivity contribution in [3.05, 3.63) is 0 Å². The lowest BCUT2D eigenvalue weighted by molar-refractivity contribution is -0.114. The van der Waals surface area contributed by atoms with E-state index < -0.39 is 5.54 Å². The molecule has 0 amide bonds. The third kappa shape index (κ3) is 2.44. The Morgan fingerprint density at radius 3 is 2.00 bits per heavy atom. The Balaban J connectivity index is 4.49. The van der Waals surface area contributed by atoms with Gasteiger partial charge in [0.05, 0.1) is 5.54 Å². The number of likely N-dealkylation sites (N-methyl/N-ethyl adjacent to an activating group) is 1. The lowest BCUT2D eigenvalue weighted by Gasteiger charge is -2.35. The fourth-order valence-corrected chi connectivity index (χ4v) is 0.861. The van der Waals surface area contributed by atoms with Crippen LogP contribution in [0.2, 0.25) is 0 Å². The van der Waals surface area contributed by atoms with Gasteiger partial charge in [-0.2, -0.15) is 0 Å². The van der Waals surface area contributed by atoms with E-state index >= 15 is 0 Å². The molecule has 70 valence electrons. The zero-order valence-corrected chi connectivity index (χ0v) is 9.10. The molecule has 0 rings (SSSR count). The molecule has 0 aromatic heterocycles. The molecule has 0 aliphatic rings. The van der Waals surface area contributed by atoms with Gasteiger partial charge in [-0.25, -0.2) is 0 Å². The van der Waals surface area contributed by atoms with Crippen LogP contribution < -0.4 is 0 Å². The molecule has 12 heavy (non-hydrogen) atoms. The highest BCUT2D eigenvalue weighted by molar-refractivity contribution is 7.80. The van der Waals surface area contributed by atoms with Gasteiger partial charge in [0, 0.05) is 21.1 Å². The van der Waals surface area contributed by atoms with Gasteiger partial charge in [0.2, 0.25) is 0 Å². The zero-order valence-electron chi connectivity index (χ0n) is 8.29. The lowest BCUT2D eigenvalue weighted by Crippen LogP contribution is -2.49. The predicted octanol–water partition coefficient (Wildman–Crippen LogP) is 0.742. The van der Waals surface area contributed by atoms with Gasteiger partial charge < -0.3 is 14.6 Å². The summed E-state index contributed by atoms with van der Waals surface area (Å²) in [6.45, 7) is 3.66. The van der Waals surface area contributed by atoms with Crippen LogP contribution in [0.4, 0.5) is 0 Å². The van der Waals surface area contributed by atoms with E-state index in [-0.39, 0.29) is 0 Å². The van der Waals surface area contributed by atoms with Gasteiger partial charge in [0.1, 0.15) is 6.29 Å². The first-order valence-electron chi connectivity index (χ1n) is 3.74. The van der Waals surface area contributed by atoms with Gasteiger partial charge in [-0.05, 0) is 26.1 Å². The van der Waals surface area contributed by atoms with Crippen molar-refractivity contribution in [1.82, 2.24) is 9.80 Å². The summed E-state index contributed by atoms with van der Waals surface area (Å²) in [7, 11) is 5.54. The van der Waals surface area contributed by atoms with E-state index in [1.165, 1.54) is 0 Å². The van der Waals surface area contributed by atoms with Crippen molar-refractivity contribution in [3.8, 4) is 0 Å². The molecule has 0 unspecified atom stereocenters. The molecule has 0 aromatic rings. The maximum Gasteiger partial charge on any atom is 0.171 e. The molecule has 0 saturated heterocycles. The fraction of sp³-hybridized carbons (Fsp3) is 0.750. The van der Waals surface area contributed by atoms with Crippen LogP contribution in [0.25, 0.3) is 0 Å². The summed E-state index contributed by atoms with van der Waals surface area (Å²) >= 11 is 5.11. The maximum absolute atomic E-state index is 10.7. The van der Waals surface area contributed by atoms with Gasteiger partial charge >= 0.3 is 0 Å². The van der Waals surface area contributed by atoms with Crippen LogP contribution in [0, 0.1) is 0 Å². The number of carbonyl (C=O) groups is 1. The second-order valence-electron chi connectivity index (χ2n) is 3.51. The van der Waals surface area contributed by atoms with Crippen molar-refractivity contribution in [2.24, 2.45) is 0 Å². The minimum atomic E-state index is -0.526. The summed E-state index contributed by atoms with van der Waals surface area (Å²) < 4.78 is 0. The Kier molecular flexibility index (Phi) is 3.64. The first-order valence-corrected chi connectivity index (χ1v) is 4.15. The van der Waals surface area contributed by atoms with E-state index in [1.807, 2.05) is 35.0 Å².